The van der Waals surface area contributed by atoms with E-state index in [1.54, 1.807) is 6.20 Å². The molecule has 2 aromatic carbocycles. The highest BCUT2D eigenvalue weighted by atomic mass is 16.2. The molecule has 2 aliphatic rings. The van der Waals surface area contributed by atoms with Crippen LogP contribution in [0.1, 0.15) is 43.0 Å². The minimum atomic E-state index is 0.0211. The Morgan fingerprint density at radius 1 is 0.882 bits per heavy atom. The molecule has 176 valence electrons. The summed E-state index contributed by atoms with van der Waals surface area (Å²) in [5.41, 5.74) is 3.57. The van der Waals surface area contributed by atoms with Gasteiger partial charge in [0.25, 0.3) is 5.91 Å². The average molecular weight is 457 g/mol. The number of hydrogen-bond acceptors (Lipinski definition) is 3. The molecule has 0 radical (unpaired) electrons. The van der Waals surface area contributed by atoms with Crippen LogP contribution in [-0.4, -0.2) is 57.6 Å². The van der Waals surface area contributed by atoms with Crippen LogP contribution in [0.5, 0.6) is 0 Å². The van der Waals surface area contributed by atoms with Crippen LogP contribution < -0.4 is 0 Å². The summed E-state index contributed by atoms with van der Waals surface area (Å²) < 4.78 is 1.87. The number of piperidine rings is 2. The van der Waals surface area contributed by atoms with E-state index in [-0.39, 0.29) is 17.7 Å². The van der Waals surface area contributed by atoms with Crippen LogP contribution in [-0.2, 0) is 4.79 Å². The number of hydrogen-bond donors (Lipinski definition) is 0. The quantitative estimate of drug-likeness (QED) is 0.574. The van der Waals surface area contributed by atoms with Gasteiger partial charge in [-0.15, -0.1) is 0 Å². The van der Waals surface area contributed by atoms with E-state index in [0.717, 1.165) is 49.3 Å². The predicted octanol–water partition coefficient (Wildman–Crippen LogP) is 4.65. The van der Waals surface area contributed by atoms with Crippen molar-refractivity contribution in [2.24, 2.45) is 11.8 Å². The van der Waals surface area contributed by atoms with Gasteiger partial charge in [0.15, 0.2) is 0 Å². The molecule has 0 N–H and O–H groups in total. The number of rotatable bonds is 4. The maximum absolute atomic E-state index is 13.3. The maximum Gasteiger partial charge on any atom is 0.253 e. The lowest BCUT2D eigenvalue weighted by atomic mass is 9.92. The molecule has 2 saturated heterocycles. The molecule has 6 nitrogen and oxygen atoms in total. The Morgan fingerprint density at radius 2 is 1.68 bits per heavy atom. The fourth-order valence-electron chi connectivity index (χ4n) is 5.27. The first-order valence-electron chi connectivity index (χ1n) is 12.4. The van der Waals surface area contributed by atoms with Crippen LogP contribution in [0.25, 0.3) is 16.9 Å². The Hall–Kier alpha value is -3.41. The van der Waals surface area contributed by atoms with Crippen LogP contribution in [0.2, 0.25) is 0 Å². The molecular formula is C28H32N4O2. The van der Waals surface area contributed by atoms with Crippen molar-refractivity contribution in [1.29, 1.82) is 0 Å². The third-order valence-electron chi connectivity index (χ3n) is 7.15. The highest BCUT2D eigenvalue weighted by molar-refractivity contribution is 5.95. The van der Waals surface area contributed by atoms with Gasteiger partial charge in [0.2, 0.25) is 5.91 Å². The van der Waals surface area contributed by atoms with Crippen LogP contribution in [0, 0.1) is 11.8 Å². The Bertz CT molecular complexity index is 1150. The third kappa shape index (κ3) is 4.63. The summed E-state index contributed by atoms with van der Waals surface area (Å²) in [6, 6.07) is 19.8. The number of nitrogens with zero attached hydrogens (tertiary/aromatic N) is 4. The van der Waals surface area contributed by atoms with Gasteiger partial charge in [-0.3, -0.25) is 9.59 Å². The van der Waals surface area contributed by atoms with E-state index < -0.39 is 0 Å². The van der Waals surface area contributed by atoms with Gasteiger partial charge in [-0.1, -0.05) is 43.3 Å². The minimum absolute atomic E-state index is 0.0211. The van der Waals surface area contributed by atoms with Crippen LogP contribution in [0.4, 0.5) is 0 Å². The predicted molar refractivity (Wildman–Crippen MR) is 133 cm³/mol. The Kier molecular flexibility index (Phi) is 6.48. The van der Waals surface area contributed by atoms with Gasteiger partial charge in [-0.25, -0.2) is 4.68 Å². The van der Waals surface area contributed by atoms with Crippen molar-refractivity contribution in [1.82, 2.24) is 19.6 Å². The maximum atomic E-state index is 13.3. The molecule has 3 heterocycles. The molecule has 5 rings (SSSR count). The van der Waals surface area contributed by atoms with E-state index in [2.05, 4.69) is 24.2 Å². The second-order valence-corrected chi connectivity index (χ2v) is 9.64. The molecule has 2 amide bonds. The first-order valence-corrected chi connectivity index (χ1v) is 12.4. The van der Waals surface area contributed by atoms with Gasteiger partial charge < -0.3 is 9.80 Å². The standard InChI is InChI=1S/C28H32N4O2/c1-21-7-6-16-31(20-21)27(33)23-13-17-30(18-14-23)28(34)24-10-5-11-25(19-24)32-26(12-15-29-32)22-8-3-2-4-9-22/h2-5,8-12,15,19,21,23H,6-7,13-14,16-18,20H2,1H3. The molecule has 34 heavy (non-hydrogen) atoms. The molecule has 0 spiro atoms. The van der Waals surface area contributed by atoms with Crippen molar-refractivity contribution in [2.75, 3.05) is 26.2 Å². The Balaban J connectivity index is 1.26. The number of aromatic nitrogens is 2. The van der Waals surface area contributed by atoms with Crippen molar-refractivity contribution >= 4 is 11.8 Å². The van der Waals surface area contributed by atoms with Gasteiger partial charge in [-0.05, 0) is 55.9 Å². The molecule has 2 aliphatic heterocycles. The number of carbonyl (C=O) groups is 2. The fourth-order valence-corrected chi connectivity index (χ4v) is 5.27. The Morgan fingerprint density at radius 3 is 2.44 bits per heavy atom. The van der Waals surface area contributed by atoms with E-state index in [1.165, 1.54) is 6.42 Å². The second kappa shape index (κ2) is 9.84. The van der Waals surface area contributed by atoms with Crippen LogP contribution >= 0.6 is 0 Å². The summed E-state index contributed by atoms with van der Waals surface area (Å²) >= 11 is 0. The summed E-state index contributed by atoms with van der Waals surface area (Å²) in [5, 5.41) is 4.50. The number of carbonyl (C=O) groups excluding carboxylic acids is 2. The zero-order valence-corrected chi connectivity index (χ0v) is 19.8. The van der Waals surface area contributed by atoms with Crippen LogP contribution in [0.3, 0.4) is 0 Å². The van der Waals surface area contributed by atoms with Gasteiger partial charge in [-0.2, -0.15) is 5.10 Å². The highest BCUT2D eigenvalue weighted by Gasteiger charge is 2.32. The van der Waals surface area contributed by atoms with Crippen molar-refractivity contribution in [3.63, 3.8) is 0 Å². The van der Waals surface area contributed by atoms with Gasteiger partial charge in [0.05, 0.1) is 17.6 Å². The zero-order chi connectivity index (χ0) is 23.5. The molecule has 1 atom stereocenters. The first kappa shape index (κ1) is 22.4. The highest BCUT2D eigenvalue weighted by Crippen LogP contribution is 2.26. The molecule has 0 aliphatic carbocycles. The third-order valence-corrected chi connectivity index (χ3v) is 7.15. The van der Waals surface area contributed by atoms with E-state index in [1.807, 2.05) is 63.0 Å². The summed E-state index contributed by atoms with van der Waals surface area (Å²) in [6.07, 6.45) is 5.57. The lowest BCUT2D eigenvalue weighted by Gasteiger charge is -2.37. The average Bonchev–Trinajstić information content (AvgIpc) is 3.39. The number of likely N-dealkylation sites (tertiary alicyclic amines) is 2. The lowest BCUT2D eigenvalue weighted by Crippen LogP contribution is -2.47. The zero-order valence-electron chi connectivity index (χ0n) is 19.8. The van der Waals surface area contributed by atoms with Crippen molar-refractivity contribution in [3.05, 3.63) is 72.4 Å². The molecule has 6 heteroatoms. The molecule has 1 aromatic heterocycles. The topological polar surface area (TPSA) is 58.4 Å². The SMILES string of the molecule is CC1CCCN(C(=O)C2CCN(C(=O)c3cccc(-n4nccc4-c4ccccc4)c3)CC2)C1. The molecular weight excluding hydrogens is 424 g/mol. The molecule has 1 unspecified atom stereocenters. The van der Waals surface area contributed by atoms with Crippen molar-refractivity contribution in [2.45, 2.75) is 32.6 Å². The van der Waals surface area contributed by atoms with E-state index in [9.17, 15) is 9.59 Å². The fraction of sp³-hybridized carbons (Fsp3) is 0.393. The van der Waals surface area contributed by atoms with Crippen LogP contribution in [0.15, 0.2) is 66.9 Å². The van der Waals surface area contributed by atoms with E-state index in [4.69, 9.17) is 0 Å². The van der Waals surface area contributed by atoms with Gasteiger partial charge in [0.1, 0.15) is 0 Å². The smallest absolute Gasteiger partial charge is 0.253 e. The summed E-state index contributed by atoms with van der Waals surface area (Å²) in [7, 11) is 0. The second-order valence-electron chi connectivity index (χ2n) is 9.64. The lowest BCUT2D eigenvalue weighted by molar-refractivity contribution is -0.138. The van der Waals surface area contributed by atoms with Gasteiger partial charge >= 0.3 is 0 Å². The van der Waals surface area contributed by atoms with E-state index in [0.29, 0.717) is 24.6 Å². The summed E-state index contributed by atoms with van der Waals surface area (Å²) in [5.74, 6) is 0.933. The Labute approximate surface area is 201 Å². The summed E-state index contributed by atoms with van der Waals surface area (Å²) in [6.45, 7) is 5.23. The monoisotopic (exact) mass is 456 g/mol. The normalized spacial score (nSPS) is 19.3. The molecule has 0 saturated carbocycles. The molecule has 0 bridgehead atoms. The summed E-state index contributed by atoms with van der Waals surface area (Å²) in [4.78, 5) is 30.2. The molecule has 3 aromatic rings. The minimum Gasteiger partial charge on any atom is -0.342 e. The largest absolute Gasteiger partial charge is 0.342 e. The molecule has 2 fully saturated rings. The van der Waals surface area contributed by atoms with E-state index >= 15 is 0 Å². The first-order chi connectivity index (χ1) is 16.6. The number of amides is 2. The van der Waals surface area contributed by atoms with Crippen molar-refractivity contribution in [3.8, 4) is 16.9 Å². The van der Waals surface area contributed by atoms with Gasteiger partial charge in [0, 0.05) is 43.2 Å². The number of benzene rings is 2. The van der Waals surface area contributed by atoms with Crippen molar-refractivity contribution < 1.29 is 9.59 Å².